The molecule has 0 aromatic carbocycles. The van der Waals surface area contributed by atoms with E-state index in [1.54, 1.807) is 0 Å². The van der Waals surface area contributed by atoms with Crippen molar-refractivity contribution in [3.8, 4) is 0 Å². The summed E-state index contributed by atoms with van der Waals surface area (Å²) < 4.78 is 6.66. The van der Waals surface area contributed by atoms with Gasteiger partial charge in [-0.1, -0.05) is 0 Å². The van der Waals surface area contributed by atoms with Gasteiger partial charge in [-0.15, -0.1) is 5.10 Å². The number of aromatic nitrogens is 4. The topological polar surface area (TPSA) is 110 Å². The van der Waals surface area contributed by atoms with Gasteiger partial charge in [0.1, 0.15) is 6.04 Å². The van der Waals surface area contributed by atoms with E-state index in [4.69, 9.17) is 4.74 Å². The van der Waals surface area contributed by atoms with Crippen molar-refractivity contribution in [1.82, 2.24) is 24.5 Å². The summed E-state index contributed by atoms with van der Waals surface area (Å²) in [5.74, 6) is -1.33. The molecular formula is C14H17N5O4. The first-order chi connectivity index (χ1) is 10.9. The van der Waals surface area contributed by atoms with Crippen molar-refractivity contribution in [3.05, 3.63) is 23.3 Å². The number of hydrogen-bond acceptors (Lipinski definition) is 6. The molecule has 3 rings (SSSR count). The Bertz CT molecular complexity index is 787. The predicted octanol–water partition coefficient (Wildman–Crippen LogP) is 0.0552. The van der Waals surface area contributed by atoms with Crippen LogP contribution in [-0.4, -0.2) is 67.3 Å². The first kappa shape index (κ1) is 15.3. The highest BCUT2D eigenvalue weighted by Gasteiger charge is 2.41. The van der Waals surface area contributed by atoms with Crippen LogP contribution in [0.25, 0.3) is 5.78 Å². The van der Waals surface area contributed by atoms with E-state index in [-0.39, 0.29) is 24.9 Å². The van der Waals surface area contributed by atoms with Crippen molar-refractivity contribution in [2.24, 2.45) is 0 Å². The van der Waals surface area contributed by atoms with Gasteiger partial charge in [-0.2, -0.15) is 4.98 Å². The van der Waals surface area contributed by atoms with E-state index in [2.05, 4.69) is 15.1 Å². The molecule has 1 N–H and O–H groups in total. The van der Waals surface area contributed by atoms with E-state index in [1.807, 2.05) is 19.9 Å². The molecule has 1 amide bonds. The van der Waals surface area contributed by atoms with Crippen molar-refractivity contribution in [2.45, 2.75) is 32.4 Å². The van der Waals surface area contributed by atoms with Crippen LogP contribution in [0.3, 0.4) is 0 Å². The third kappa shape index (κ3) is 2.63. The quantitative estimate of drug-likeness (QED) is 0.851. The van der Waals surface area contributed by atoms with Gasteiger partial charge < -0.3 is 14.7 Å². The number of carboxylic acid groups (broad SMARTS) is 1. The Morgan fingerprint density at radius 2 is 2.09 bits per heavy atom. The van der Waals surface area contributed by atoms with Crippen LogP contribution in [0.5, 0.6) is 0 Å². The molecule has 0 aliphatic carbocycles. The monoisotopic (exact) mass is 319 g/mol. The van der Waals surface area contributed by atoms with Gasteiger partial charge in [0.25, 0.3) is 11.7 Å². The van der Waals surface area contributed by atoms with Crippen molar-refractivity contribution in [3.63, 3.8) is 0 Å². The minimum Gasteiger partial charge on any atom is -0.480 e. The fourth-order valence-corrected chi connectivity index (χ4v) is 2.81. The molecule has 122 valence electrons. The van der Waals surface area contributed by atoms with Crippen molar-refractivity contribution in [2.75, 3.05) is 13.7 Å². The Kier molecular flexibility index (Phi) is 3.72. The number of hydrogen-bond donors (Lipinski definition) is 1. The summed E-state index contributed by atoms with van der Waals surface area (Å²) in [5.41, 5.74) is 1.57. The highest BCUT2D eigenvalue weighted by molar-refractivity contribution is 5.94. The summed E-state index contributed by atoms with van der Waals surface area (Å²) in [6.45, 7) is 3.86. The molecule has 0 spiro atoms. The average Bonchev–Trinajstić information content (AvgIpc) is 3.10. The van der Waals surface area contributed by atoms with Crippen LogP contribution >= 0.6 is 0 Å². The lowest BCUT2D eigenvalue weighted by Gasteiger charge is -2.19. The van der Waals surface area contributed by atoms with Crippen LogP contribution in [0.4, 0.5) is 0 Å². The largest absolute Gasteiger partial charge is 0.480 e. The Morgan fingerprint density at radius 3 is 2.74 bits per heavy atom. The second-order valence-corrected chi connectivity index (χ2v) is 5.59. The molecule has 0 radical (unpaired) electrons. The molecule has 3 heterocycles. The molecule has 9 nitrogen and oxygen atoms in total. The number of carbonyl (C=O) groups is 2. The lowest BCUT2D eigenvalue weighted by atomic mass is 10.2. The van der Waals surface area contributed by atoms with Gasteiger partial charge in [-0.3, -0.25) is 4.79 Å². The van der Waals surface area contributed by atoms with E-state index in [1.165, 1.54) is 16.5 Å². The first-order valence-electron chi connectivity index (χ1n) is 7.18. The smallest absolute Gasteiger partial charge is 0.326 e. The first-order valence-corrected chi connectivity index (χ1v) is 7.18. The lowest BCUT2D eigenvalue weighted by molar-refractivity contribution is -0.141. The zero-order valence-electron chi connectivity index (χ0n) is 13.1. The van der Waals surface area contributed by atoms with E-state index < -0.39 is 17.9 Å². The Hall–Kier alpha value is -2.55. The third-order valence-corrected chi connectivity index (χ3v) is 3.95. The van der Waals surface area contributed by atoms with Crippen LogP contribution in [0.1, 0.15) is 28.4 Å². The average molecular weight is 319 g/mol. The molecule has 2 aromatic rings. The number of ether oxygens (including phenoxy) is 1. The maximum Gasteiger partial charge on any atom is 0.326 e. The van der Waals surface area contributed by atoms with Crippen LogP contribution in [-0.2, 0) is 9.53 Å². The maximum atomic E-state index is 12.6. The Morgan fingerprint density at radius 1 is 1.35 bits per heavy atom. The highest BCUT2D eigenvalue weighted by Crippen LogP contribution is 2.22. The molecule has 1 saturated heterocycles. The molecule has 2 aromatic heterocycles. The number of rotatable bonds is 3. The second-order valence-electron chi connectivity index (χ2n) is 5.59. The molecule has 23 heavy (non-hydrogen) atoms. The zero-order chi connectivity index (χ0) is 16.7. The predicted molar refractivity (Wildman–Crippen MR) is 78.1 cm³/mol. The summed E-state index contributed by atoms with van der Waals surface area (Å²) in [5, 5.41) is 13.5. The number of aryl methyl sites for hydroxylation is 2. The molecule has 9 heteroatoms. The van der Waals surface area contributed by atoms with E-state index in [0.29, 0.717) is 5.78 Å². The maximum absolute atomic E-state index is 12.6. The fraction of sp³-hybridized carbons (Fsp3) is 0.500. The van der Waals surface area contributed by atoms with E-state index in [9.17, 15) is 14.7 Å². The second kappa shape index (κ2) is 5.58. The molecule has 1 fully saturated rings. The van der Waals surface area contributed by atoms with Crippen LogP contribution in [0.2, 0.25) is 0 Å². The van der Waals surface area contributed by atoms with Crippen molar-refractivity contribution >= 4 is 17.7 Å². The highest BCUT2D eigenvalue weighted by atomic mass is 16.5. The van der Waals surface area contributed by atoms with Gasteiger partial charge in [0.05, 0.1) is 6.10 Å². The molecule has 1 aliphatic rings. The molecule has 1 aliphatic heterocycles. The number of methoxy groups -OCH3 is 1. The number of aliphatic carboxylic acids is 1. The summed E-state index contributed by atoms with van der Waals surface area (Å²) in [6, 6.07) is 0.891. The number of nitrogens with zero attached hydrogens (tertiary/aromatic N) is 5. The van der Waals surface area contributed by atoms with Gasteiger partial charge in [0.15, 0.2) is 0 Å². The van der Waals surface area contributed by atoms with Gasteiger partial charge in [0.2, 0.25) is 5.82 Å². The fourth-order valence-electron chi connectivity index (χ4n) is 2.81. The number of carboxylic acids is 1. The third-order valence-electron chi connectivity index (χ3n) is 3.95. The van der Waals surface area contributed by atoms with E-state index >= 15 is 0 Å². The van der Waals surface area contributed by atoms with Crippen LogP contribution in [0, 0.1) is 13.8 Å². The van der Waals surface area contributed by atoms with Crippen molar-refractivity contribution in [1.29, 1.82) is 0 Å². The number of likely N-dealkylation sites (tertiary alicyclic amines) is 1. The summed E-state index contributed by atoms with van der Waals surface area (Å²) >= 11 is 0. The Balaban J connectivity index is 1.96. The summed E-state index contributed by atoms with van der Waals surface area (Å²) in [4.78, 5) is 33.6. The van der Waals surface area contributed by atoms with E-state index in [0.717, 1.165) is 11.4 Å². The lowest BCUT2D eigenvalue weighted by Crippen LogP contribution is -2.41. The number of amides is 1. The Labute approximate surface area is 131 Å². The molecule has 0 bridgehead atoms. The van der Waals surface area contributed by atoms with Crippen molar-refractivity contribution < 1.29 is 19.4 Å². The molecular weight excluding hydrogens is 302 g/mol. The zero-order valence-corrected chi connectivity index (χ0v) is 13.1. The SMILES string of the molecule is COC1CC(C(=O)O)N(C(=O)c2nc3nc(C)cc(C)n3n2)C1. The summed E-state index contributed by atoms with van der Waals surface area (Å²) in [6.07, 6.45) is -0.0550. The molecule has 2 atom stereocenters. The standard InChI is InChI=1S/C14H17N5O4/c1-7-4-8(2)19-14(15-7)16-11(17-19)12(20)18-6-9(23-3)5-10(18)13(21)22/h4,9-10H,5-6H2,1-3H3,(H,21,22). The molecule has 0 saturated carbocycles. The molecule has 2 unspecified atom stereocenters. The van der Waals surface area contributed by atoms with Gasteiger partial charge in [0, 0.05) is 31.5 Å². The normalized spacial score (nSPS) is 21.1. The summed E-state index contributed by atoms with van der Waals surface area (Å²) in [7, 11) is 1.50. The van der Waals surface area contributed by atoms with Crippen LogP contribution < -0.4 is 0 Å². The minimum atomic E-state index is -1.06. The van der Waals surface area contributed by atoms with Crippen LogP contribution in [0.15, 0.2) is 6.07 Å². The minimum absolute atomic E-state index is 0.0609. The number of fused-ring (bicyclic) bond motifs is 1. The van der Waals surface area contributed by atoms with Gasteiger partial charge >= 0.3 is 5.97 Å². The van der Waals surface area contributed by atoms with Gasteiger partial charge in [-0.05, 0) is 19.9 Å². The van der Waals surface area contributed by atoms with Gasteiger partial charge in [-0.25, -0.2) is 14.3 Å². The number of carbonyl (C=O) groups excluding carboxylic acids is 1.